The number of methoxy groups -OCH3 is 1. The van der Waals surface area contributed by atoms with Crippen molar-refractivity contribution in [3.8, 4) is 5.69 Å². The number of fused-ring (bicyclic) bond motifs is 1. The fraction of sp³-hybridized carbons (Fsp3) is 0.125. The van der Waals surface area contributed by atoms with E-state index >= 15 is 0 Å². The molecule has 11 heteroatoms. The van der Waals surface area contributed by atoms with Crippen LogP contribution in [-0.2, 0) is 9.47 Å². The number of nitrogens with one attached hydrogen (secondary N) is 1. The number of carbonyl (C=O) groups excluding carboxylic acids is 3. The van der Waals surface area contributed by atoms with Gasteiger partial charge in [0.2, 0.25) is 0 Å². The number of aromatic nitrogens is 2. The van der Waals surface area contributed by atoms with E-state index < -0.39 is 29.2 Å². The van der Waals surface area contributed by atoms with Gasteiger partial charge in [0.1, 0.15) is 16.5 Å². The first-order valence-corrected chi connectivity index (χ1v) is 11.2. The number of ether oxygens (including phenoxy) is 2. The average molecular weight is 495 g/mol. The number of rotatable bonds is 6. The SMILES string of the molecule is CCOC(=O)c1nn(-c2ccccc2F)c(=O)c2c(NC(=O)c3ccccc3C(=O)OC)scc12. The van der Waals surface area contributed by atoms with Crippen molar-refractivity contribution in [1.29, 1.82) is 0 Å². The van der Waals surface area contributed by atoms with E-state index in [1.807, 2.05) is 0 Å². The van der Waals surface area contributed by atoms with E-state index in [9.17, 15) is 23.6 Å². The van der Waals surface area contributed by atoms with E-state index in [4.69, 9.17) is 9.47 Å². The second kappa shape index (κ2) is 9.85. The van der Waals surface area contributed by atoms with Gasteiger partial charge in [0.05, 0.1) is 30.2 Å². The van der Waals surface area contributed by atoms with Crippen molar-refractivity contribution in [3.05, 3.63) is 86.9 Å². The Balaban J connectivity index is 1.89. The highest BCUT2D eigenvalue weighted by atomic mass is 32.1. The van der Waals surface area contributed by atoms with Crippen LogP contribution in [-0.4, -0.2) is 41.3 Å². The zero-order valence-electron chi connectivity index (χ0n) is 18.5. The predicted octanol–water partition coefficient (Wildman–Crippen LogP) is 3.80. The number of carbonyl (C=O) groups is 3. The topological polar surface area (TPSA) is 117 Å². The van der Waals surface area contributed by atoms with Gasteiger partial charge in [-0.3, -0.25) is 9.59 Å². The van der Waals surface area contributed by atoms with Crippen LogP contribution in [0, 0.1) is 5.82 Å². The summed E-state index contributed by atoms with van der Waals surface area (Å²) >= 11 is 0.975. The minimum atomic E-state index is -0.811. The Morgan fingerprint density at radius 3 is 2.43 bits per heavy atom. The zero-order valence-corrected chi connectivity index (χ0v) is 19.3. The number of halogens is 1. The van der Waals surface area contributed by atoms with Crippen LogP contribution in [0.4, 0.5) is 9.39 Å². The number of nitrogens with zero attached hydrogens (tertiary/aromatic N) is 2. The molecule has 4 aromatic rings. The Morgan fingerprint density at radius 1 is 1.06 bits per heavy atom. The lowest BCUT2D eigenvalue weighted by Gasteiger charge is -2.11. The van der Waals surface area contributed by atoms with Gasteiger partial charge in [0.25, 0.3) is 11.5 Å². The summed E-state index contributed by atoms with van der Waals surface area (Å²) < 4.78 is 25.1. The molecule has 0 unspecified atom stereocenters. The minimum absolute atomic E-state index is 0.0231. The van der Waals surface area contributed by atoms with Gasteiger partial charge in [0.15, 0.2) is 5.69 Å². The highest BCUT2D eigenvalue weighted by molar-refractivity contribution is 7.16. The Hall–Kier alpha value is -4.38. The molecular weight excluding hydrogens is 477 g/mol. The maximum absolute atomic E-state index is 14.5. The molecule has 0 aliphatic carbocycles. The summed E-state index contributed by atoms with van der Waals surface area (Å²) in [5.74, 6) is -2.93. The lowest BCUT2D eigenvalue weighted by Crippen LogP contribution is -2.26. The molecule has 0 aliphatic heterocycles. The third-order valence-electron chi connectivity index (χ3n) is 5.01. The fourth-order valence-electron chi connectivity index (χ4n) is 3.42. The van der Waals surface area contributed by atoms with Gasteiger partial charge < -0.3 is 14.8 Å². The summed E-state index contributed by atoms with van der Waals surface area (Å²) in [6.07, 6.45) is 0. The molecule has 0 bridgehead atoms. The van der Waals surface area contributed by atoms with Crippen LogP contribution in [0.3, 0.4) is 0 Å². The second-order valence-electron chi connectivity index (χ2n) is 7.08. The smallest absolute Gasteiger partial charge is 0.359 e. The number of anilines is 1. The third-order valence-corrected chi connectivity index (χ3v) is 5.90. The maximum atomic E-state index is 14.5. The summed E-state index contributed by atoms with van der Waals surface area (Å²) in [5, 5.41) is 8.34. The van der Waals surface area contributed by atoms with Gasteiger partial charge >= 0.3 is 11.9 Å². The van der Waals surface area contributed by atoms with E-state index in [-0.39, 0.29) is 44.9 Å². The van der Waals surface area contributed by atoms with Gasteiger partial charge in [-0.2, -0.15) is 9.78 Å². The van der Waals surface area contributed by atoms with Crippen LogP contribution in [0.2, 0.25) is 0 Å². The van der Waals surface area contributed by atoms with E-state index in [2.05, 4.69) is 10.4 Å². The van der Waals surface area contributed by atoms with Gasteiger partial charge in [-0.1, -0.05) is 24.3 Å². The molecule has 9 nitrogen and oxygen atoms in total. The second-order valence-corrected chi connectivity index (χ2v) is 7.96. The molecule has 0 aliphatic rings. The van der Waals surface area contributed by atoms with E-state index in [1.54, 1.807) is 19.1 Å². The van der Waals surface area contributed by atoms with Gasteiger partial charge in [-0.05, 0) is 31.2 Å². The summed E-state index contributed by atoms with van der Waals surface area (Å²) in [6.45, 7) is 1.67. The Labute approximate surface area is 201 Å². The van der Waals surface area contributed by atoms with Crippen molar-refractivity contribution >= 4 is 45.0 Å². The molecule has 0 saturated heterocycles. The monoisotopic (exact) mass is 495 g/mol. The first-order valence-electron chi connectivity index (χ1n) is 10.3. The number of amides is 1. The molecule has 4 rings (SSSR count). The molecule has 0 saturated carbocycles. The number of hydrogen-bond acceptors (Lipinski definition) is 8. The van der Waals surface area contributed by atoms with Crippen LogP contribution in [0.5, 0.6) is 0 Å². The molecule has 35 heavy (non-hydrogen) atoms. The standard InChI is InChI=1S/C24H18FN3O6S/c1-3-34-24(32)19-15-12-35-21(26-20(29)13-8-4-5-9-14(13)23(31)33-2)18(15)22(30)28(27-19)17-11-7-6-10-16(17)25/h4-12H,3H2,1-2H3,(H,26,29). The van der Waals surface area contributed by atoms with Crippen molar-refractivity contribution in [2.24, 2.45) is 0 Å². The number of esters is 2. The number of hydrogen-bond donors (Lipinski definition) is 1. The molecule has 2 aromatic heterocycles. The largest absolute Gasteiger partial charge is 0.465 e. The van der Waals surface area contributed by atoms with Crippen molar-refractivity contribution in [2.75, 3.05) is 19.0 Å². The molecule has 0 spiro atoms. The molecular formula is C24H18FN3O6S. The molecule has 2 heterocycles. The summed E-state index contributed by atoms with van der Waals surface area (Å²) in [7, 11) is 1.19. The van der Waals surface area contributed by atoms with E-state index in [1.165, 1.54) is 42.8 Å². The molecule has 1 N–H and O–H groups in total. The highest BCUT2D eigenvalue weighted by Gasteiger charge is 2.25. The molecule has 0 radical (unpaired) electrons. The summed E-state index contributed by atoms with van der Waals surface area (Å²) in [6, 6.07) is 11.5. The van der Waals surface area contributed by atoms with Crippen LogP contribution >= 0.6 is 11.3 Å². The van der Waals surface area contributed by atoms with Gasteiger partial charge in [-0.25, -0.2) is 14.0 Å². The lowest BCUT2D eigenvalue weighted by molar-refractivity contribution is 0.0519. The Kier molecular flexibility index (Phi) is 6.69. The number of benzene rings is 2. The van der Waals surface area contributed by atoms with Crippen LogP contribution in [0.1, 0.15) is 38.1 Å². The molecule has 2 aromatic carbocycles. The summed E-state index contributed by atoms with van der Waals surface area (Å²) in [5.41, 5.74) is -1.09. The zero-order chi connectivity index (χ0) is 25.1. The first-order chi connectivity index (χ1) is 16.9. The quantitative estimate of drug-likeness (QED) is 0.405. The Bertz CT molecular complexity index is 1530. The average Bonchev–Trinajstić information content (AvgIpc) is 3.28. The molecule has 0 atom stereocenters. The minimum Gasteiger partial charge on any atom is -0.465 e. The molecule has 1 amide bonds. The van der Waals surface area contributed by atoms with Gasteiger partial charge in [0, 0.05) is 10.8 Å². The maximum Gasteiger partial charge on any atom is 0.359 e. The van der Waals surface area contributed by atoms with Crippen LogP contribution in [0.25, 0.3) is 16.5 Å². The number of para-hydroxylation sites is 1. The van der Waals surface area contributed by atoms with Crippen molar-refractivity contribution in [3.63, 3.8) is 0 Å². The van der Waals surface area contributed by atoms with Crippen LogP contribution < -0.4 is 10.9 Å². The van der Waals surface area contributed by atoms with E-state index in [0.717, 1.165) is 22.1 Å². The Morgan fingerprint density at radius 2 is 1.74 bits per heavy atom. The van der Waals surface area contributed by atoms with E-state index in [0.29, 0.717) is 0 Å². The number of thiophene rings is 1. The van der Waals surface area contributed by atoms with Crippen molar-refractivity contribution in [1.82, 2.24) is 9.78 Å². The third kappa shape index (κ3) is 4.41. The van der Waals surface area contributed by atoms with Gasteiger partial charge in [-0.15, -0.1) is 11.3 Å². The predicted molar refractivity (Wildman–Crippen MR) is 127 cm³/mol. The molecule has 0 fully saturated rings. The summed E-state index contributed by atoms with van der Waals surface area (Å²) in [4.78, 5) is 51.1. The van der Waals surface area contributed by atoms with Crippen molar-refractivity contribution in [2.45, 2.75) is 6.92 Å². The molecule has 178 valence electrons. The highest BCUT2D eigenvalue weighted by Crippen LogP contribution is 2.31. The fourth-order valence-corrected chi connectivity index (χ4v) is 4.35. The van der Waals surface area contributed by atoms with Crippen LogP contribution in [0.15, 0.2) is 58.7 Å². The lowest BCUT2D eigenvalue weighted by atomic mass is 10.1. The normalized spacial score (nSPS) is 10.7. The first kappa shape index (κ1) is 23.8. The van der Waals surface area contributed by atoms with Crippen molar-refractivity contribution < 1.29 is 28.2 Å².